The van der Waals surface area contributed by atoms with Gasteiger partial charge >= 0.3 is 5.97 Å². The molecule has 0 unspecified atom stereocenters. The van der Waals surface area contributed by atoms with Crippen molar-refractivity contribution in [3.63, 3.8) is 0 Å². The molecule has 1 heterocycles. The van der Waals surface area contributed by atoms with Gasteiger partial charge in [0.1, 0.15) is 11.6 Å². The Morgan fingerprint density at radius 1 is 1.03 bits per heavy atom. The molecule has 0 aromatic heterocycles. The molecule has 160 valence electrons. The van der Waals surface area contributed by atoms with Gasteiger partial charge in [0, 0.05) is 5.56 Å². The molecule has 3 aromatic rings. The first kappa shape index (κ1) is 21.5. The highest BCUT2D eigenvalue weighted by Crippen LogP contribution is 2.33. The maximum atomic E-state index is 13.9. The highest BCUT2D eigenvalue weighted by Gasteiger charge is 2.35. The van der Waals surface area contributed by atoms with Gasteiger partial charge in [0.05, 0.1) is 17.0 Å². The zero-order valence-electron chi connectivity index (χ0n) is 17.1. The first-order valence-corrected chi connectivity index (χ1v) is 10.6. The summed E-state index contributed by atoms with van der Waals surface area (Å²) >= 11 is 0.806. The monoisotopic (exact) mass is 447 g/mol. The summed E-state index contributed by atoms with van der Waals surface area (Å²) in [5, 5.41) is -0.451. The van der Waals surface area contributed by atoms with Crippen molar-refractivity contribution in [1.29, 1.82) is 0 Å². The fraction of sp³-hybridized carbons (Fsp3) is 0.0800. The Morgan fingerprint density at radius 2 is 1.78 bits per heavy atom. The van der Waals surface area contributed by atoms with E-state index in [1.807, 2.05) is 13.0 Å². The second-order valence-electron chi connectivity index (χ2n) is 7.19. The first-order valence-electron chi connectivity index (χ1n) is 9.78. The lowest BCUT2D eigenvalue weighted by molar-refractivity contribution is -0.123. The molecule has 0 atom stereocenters. The molecule has 0 bridgehead atoms. The summed E-state index contributed by atoms with van der Waals surface area (Å²) in [6.45, 7) is 1.77. The van der Waals surface area contributed by atoms with E-state index in [9.17, 15) is 18.8 Å². The molecule has 1 aliphatic rings. The van der Waals surface area contributed by atoms with Crippen molar-refractivity contribution in [3.05, 3.63) is 106 Å². The van der Waals surface area contributed by atoms with E-state index in [4.69, 9.17) is 4.74 Å². The quantitative estimate of drug-likeness (QED) is 0.290. The van der Waals surface area contributed by atoms with E-state index >= 15 is 0 Å². The molecule has 0 radical (unpaired) electrons. The van der Waals surface area contributed by atoms with Gasteiger partial charge in [-0.3, -0.25) is 14.5 Å². The maximum Gasteiger partial charge on any atom is 0.343 e. The fourth-order valence-corrected chi connectivity index (χ4v) is 3.99. The fourth-order valence-electron chi connectivity index (χ4n) is 3.15. The number of esters is 1. The van der Waals surface area contributed by atoms with Crippen LogP contribution in [0.2, 0.25) is 0 Å². The van der Waals surface area contributed by atoms with E-state index in [1.165, 1.54) is 6.07 Å². The Kier molecular flexibility index (Phi) is 6.18. The number of halogens is 1. The Hall–Kier alpha value is -3.71. The number of hydrogen-bond acceptors (Lipinski definition) is 5. The molecule has 2 amide bonds. The number of carbonyl (C=O) groups is 3. The third-order valence-corrected chi connectivity index (χ3v) is 5.71. The maximum absolute atomic E-state index is 13.9. The van der Waals surface area contributed by atoms with Crippen LogP contribution in [0.3, 0.4) is 0 Å². The normalized spacial score (nSPS) is 14.8. The van der Waals surface area contributed by atoms with Gasteiger partial charge in [-0.1, -0.05) is 48.0 Å². The number of amides is 2. The van der Waals surface area contributed by atoms with Gasteiger partial charge in [0.15, 0.2) is 0 Å². The van der Waals surface area contributed by atoms with Crippen LogP contribution < -0.4 is 4.74 Å². The third-order valence-electron chi connectivity index (χ3n) is 4.80. The predicted octanol–water partition coefficient (Wildman–Crippen LogP) is 5.59. The summed E-state index contributed by atoms with van der Waals surface area (Å²) in [5.41, 5.74) is 2.35. The summed E-state index contributed by atoms with van der Waals surface area (Å²) in [4.78, 5) is 38.5. The van der Waals surface area contributed by atoms with Crippen LogP contribution in [0.25, 0.3) is 6.08 Å². The Labute approximate surface area is 188 Å². The molecule has 3 aromatic carbocycles. The topological polar surface area (TPSA) is 63.7 Å². The van der Waals surface area contributed by atoms with Gasteiger partial charge < -0.3 is 4.74 Å². The zero-order chi connectivity index (χ0) is 22.7. The number of carbonyl (C=O) groups excluding carboxylic acids is 3. The highest BCUT2D eigenvalue weighted by molar-refractivity contribution is 8.18. The lowest BCUT2D eigenvalue weighted by Crippen LogP contribution is -2.27. The van der Waals surface area contributed by atoms with Crippen LogP contribution in [0, 0.1) is 12.7 Å². The van der Waals surface area contributed by atoms with Crippen molar-refractivity contribution in [2.24, 2.45) is 0 Å². The molecular formula is C25H18FNO4S. The minimum Gasteiger partial charge on any atom is -0.423 e. The summed E-state index contributed by atoms with van der Waals surface area (Å²) in [6.07, 6.45) is 1.58. The number of nitrogens with zero attached hydrogens (tertiary/aromatic N) is 1. The third kappa shape index (κ3) is 4.78. The molecular weight excluding hydrogens is 429 g/mol. The molecule has 5 nitrogen and oxygen atoms in total. The second kappa shape index (κ2) is 9.20. The van der Waals surface area contributed by atoms with Crippen molar-refractivity contribution in [2.75, 3.05) is 0 Å². The van der Waals surface area contributed by atoms with Gasteiger partial charge in [-0.15, -0.1) is 0 Å². The second-order valence-corrected chi connectivity index (χ2v) is 8.18. The van der Waals surface area contributed by atoms with Gasteiger partial charge in [0.25, 0.3) is 11.1 Å². The molecule has 32 heavy (non-hydrogen) atoms. The van der Waals surface area contributed by atoms with Crippen LogP contribution in [-0.4, -0.2) is 22.0 Å². The van der Waals surface area contributed by atoms with Crippen LogP contribution in [0.1, 0.15) is 27.0 Å². The minimum absolute atomic E-state index is 0.122. The van der Waals surface area contributed by atoms with Crippen molar-refractivity contribution >= 4 is 35.0 Å². The number of aryl methyl sites for hydroxylation is 1. The van der Waals surface area contributed by atoms with E-state index in [0.717, 1.165) is 22.2 Å². The first-order chi connectivity index (χ1) is 15.4. The molecule has 4 rings (SSSR count). The van der Waals surface area contributed by atoms with Crippen molar-refractivity contribution in [2.45, 2.75) is 13.5 Å². The molecule has 0 N–H and O–H groups in total. The molecule has 7 heteroatoms. The molecule has 1 fully saturated rings. The van der Waals surface area contributed by atoms with E-state index in [-0.39, 0.29) is 17.0 Å². The predicted molar refractivity (Wildman–Crippen MR) is 120 cm³/mol. The summed E-state index contributed by atoms with van der Waals surface area (Å²) in [7, 11) is 0. The highest BCUT2D eigenvalue weighted by atomic mass is 32.2. The summed E-state index contributed by atoms with van der Waals surface area (Å²) < 4.78 is 19.3. The van der Waals surface area contributed by atoms with Crippen LogP contribution in [0.4, 0.5) is 9.18 Å². The van der Waals surface area contributed by atoms with Crippen LogP contribution in [0.15, 0.2) is 77.7 Å². The van der Waals surface area contributed by atoms with Gasteiger partial charge in [-0.2, -0.15) is 0 Å². The standard InChI is InChI=1S/C25H18FNO4S/c1-16-5-4-7-18(13-16)24(29)31-20-11-9-17(10-12-20)14-22-23(28)27(25(30)32-22)15-19-6-2-3-8-21(19)26/h2-14H,15H2,1H3/b22-14-. The van der Waals surface area contributed by atoms with Crippen molar-refractivity contribution in [1.82, 2.24) is 4.90 Å². The smallest absolute Gasteiger partial charge is 0.343 e. The summed E-state index contributed by atoms with van der Waals surface area (Å²) in [6, 6.07) is 19.7. The lowest BCUT2D eigenvalue weighted by Gasteiger charge is -2.12. The van der Waals surface area contributed by atoms with Gasteiger partial charge in [0.2, 0.25) is 0 Å². The van der Waals surface area contributed by atoms with E-state index in [0.29, 0.717) is 16.9 Å². The van der Waals surface area contributed by atoms with E-state index in [1.54, 1.807) is 66.7 Å². The molecule has 0 aliphatic carbocycles. The molecule has 1 aliphatic heterocycles. The largest absolute Gasteiger partial charge is 0.423 e. The van der Waals surface area contributed by atoms with Crippen LogP contribution in [0.5, 0.6) is 5.75 Å². The number of thioether (sulfide) groups is 1. The van der Waals surface area contributed by atoms with E-state index in [2.05, 4.69) is 0 Å². The summed E-state index contributed by atoms with van der Waals surface area (Å²) in [5.74, 6) is -1.04. The Morgan fingerprint density at radius 3 is 2.50 bits per heavy atom. The molecule has 0 spiro atoms. The SMILES string of the molecule is Cc1cccc(C(=O)Oc2ccc(/C=C3\SC(=O)N(Cc4ccccc4F)C3=O)cc2)c1. The van der Waals surface area contributed by atoms with Gasteiger partial charge in [-0.25, -0.2) is 9.18 Å². The number of hydrogen-bond donors (Lipinski definition) is 0. The number of rotatable bonds is 5. The Bertz CT molecular complexity index is 1240. The molecule has 1 saturated heterocycles. The Balaban J connectivity index is 1.45. The lowest BCUT2D eigenvalue weighted by atomic mass is 10.1. The van der Waals surface area contributed by atoms with Gasteiger partial charge in [-0.05, 0) is 60.7 Å². The van der Waals surface area contributed by atoms with E-state index < -0.39 is 22.9 Å². The van der Waals surface area contributed by atoms with Crippen molar-refractivity contribution < 1.29 is 23.5 Å². The average Bonchev–Trinajstić information content (AvgIpc) is 3.04. The zero-order valence-corrected chi connectivity index (χ0v) is 17.9. The number of benzene rings is 3. The van der Waals surface area contributed by atoms with Crippen LogP contribution >= 0.6 is 11.8 Å². The average molecular weight is 447 g/mol. The number of ether oxygens (including phenoxy) is 1. The molecule has 0 saturated carbocycles. The van der Waals surface area contributed by atoms with Crippen LogP contribution in [-0.2, 0) is 11.3 Å². The number of imide groups is 1. The van der Waals surface area contributed by atoms with Crippen molar-refractivity contribution in [3.8, 4) is 5.75 Å². The minimum atomic E-state index is -0.474.